The van der Waals surface area contributed by atoms with Crippen molar-refractivity contribution >= 4 is 28.3 Å². The highest BCUT2D eigenvalue weighted by molar-refractivity contribution is 7.16. The summed E-state index contributed by atoms with van der Waals surface area (Å²) in [6.07, 6.45) is 1.93. The van der Waals surface area contributed by atoms with E-state index in [2.05, 4.69) is 16.8 Å². The summed E-state index contributed by atoms with van der Waals surface area (Å²) >= 11 is 1.21. The Morgan fingerprint density at radius 3 is 2.58 bits per heavy atom. The third-order valence-corrected chi connectivity index (χ3v) is 4.00. The summed E-state index contributed by atoms with van der Waals surface area (Å²) in [6.45, 7) is 3.51. The summed E-state index contributed by atoms with van der Waals surface area (Å²) < 4.78 is 0. The standard InChI is InChI=1S/C13H14N2O3S/c1-8-9(2)12(18)15(11(8)17)13-14-7-10(19-13)5-3-4-6-16/h7-9,16H,4,6H2,1-2H3. The van der Waals surface area contributed by atoms with E-state index in [4.69, 9.17) is 5.11 Å². The van der Waals surface area contributed by atoms with E-state index in [0.717, 1.165) is 4.90 Å². The highest BCUT2D eigenvalue weighted by Gasteiger charge is 2.44. The van der Waals surface area contributed by atoms with Gasteiger partial charge in [0.25, 0.3) is 0 Å². The van der Waals surface area contributed by atoms with Gasteiger partial charge in [0, 0.05) is 18.3 Å². The summed E-state index contributed by atoms with van der Waals surface area (Å²) in [7, 11) is 0. The van der Waals surface area contributed by atoms with Gasteiger partial charge in [-0.25, -0.2) is 9.88 Å². The number of imide groups is 1. The fourth-order valence-corrected chi connectivity index (χ4v) is 2.57. The van der Waals surface area contributed by atoms with Gasteiger partial charge in [0.2, 0.25) is 11.8 Å². The summed E-state index contributed by atoms with van der Waals surface area (Å²) in [4.78, 5) is 29.9. The second kappa shape index (κ2) is 5.51. The zero-order valence-electron chi connectivity index (χ0n) is 10.7. The van der Waals surface area contributed by atoms with Crippen LogP contribution in [-0.2, 0) is 9.59 Å². The Morgan fingerprint density at radius 1 is 1.37 bits per heavy atom. The zero-order chi connectivity index (χ0) is 14.0. The lowest BCUT2D eigenvalue weighted by Crippen LogP contribution is -2.30. The minimum atomic E-state index is -0.305. The Bertz CT molecular complexity index is 550. The normalized spacial score (nSPS) is 22.6. The molecule has 2 unspecified atom stereocenters. The number of thiazole rings is 1. The highest BCUT2D eigenvalue weighted by Crippen LogP contribution is 2.32. The number of rotatable bonds is 2. The molecule has 1 aliphatic heterocycles. The third-order valence-electron chi connectivity index (χ3n) is 3.10. The van der Waals surface area contributed by atoms with Crippen LogP contribution in [0.1, 0.15) is 25.1 Å². The van der Waals surface area contributed by atoms with Gasteiger partial charge in [-0.2, -0.15) is 0 Å². The molecule has 5 nitrogen and oxygen atoms in total. The van der Waals surface area contributed by atoms with Crippen molar-refractivity contribution in [2.24, 2.45) is 11.8 Å². The van der Waals surface area contributed by atoms with E-state index in [-0.39, 0.29) is 30.3 Å². The number of aromatic nitrogens is 1. The van der Waals surface area contributed by atoms with Crippen LogP contribution < -0.4 is 4.90 Å². The van der Waals surface area contributed by atoms with Crippen LogP contribution in [0.4, 0.5) is 5.13 Å². The maximum atomic E-state index is 12.0. The molecule has 6 heteroatoms. The average molecular weight is 278 g/mol. The molecule has 0 radical (unpaired) electrons. The molecule has 2 amide bonds. The molecule has 2 rings (SSSR count). The highest BCUT2D eigenvalue weighted by atomic mass is 32.1. The van der Waals surface area contributed by atoms with Crippen molar-refractivity contribution in [3.63, 3.8) is 0 Å². The van der Waals surface area contributed by atoms with Gasteiger partial charge in [-0.15, -0.1) is 0 Å². The molecule has 1 aromatic rings. The fraction of sp³-hybridized carbons (Fsp3) is 0.462. The van der Waals surface area contributed by atoms with Crippen LogP contribution in [0.3, 0.4) is 0 Å². The lowest BCUT2D eigenvalue weighted by atomic mass is 10.00. The molecule has 1 fully saturated rings. The Hall–Kier alpha value is -1.71. The molecule has 100 valence electrons. The van der Waals surface area contributed by atoms with Crippen LogP contribution in [0.15, 0.2) is 6.20 Å². The largest absolute Gasteiger partial charge is 0.395 e. The number of carbonyl (C=O) groups excluding carboxylic acids is 2. The zero-order valence-corrected chi connectivity index (χ0v) is 11.5. The maximum Gasteiger partial charge on any atom is 0.239 e. The summed E-state index contributed by atoms with van der Waals surface area (Å²) in [5, 5.41) is 9.01. The SMILES string of the molecule is CC1C(=O)N(c2ncc(C#CCCO)s2)C(=O)C1C. The number of anilines is 1. The number of aliphatic hydroxyl groups is 1. The Morgan fingerprint density at radius 2 is 2.00 bits per heavy atom. The van der Waals surface area contributed by atoms with Crippen LogP contribution in [0, 0.1) is 23.7 Å². The molecule has 1 aromatic heterocycles. The molecule has 1 aliphatic rings. The van der Waals surface area contributed by atoms with Crippen molar-refractivity contribution in [2.75, 3.05) is 11.5 Å². The van der Waals surface area contributed by atoms with E-state index in [0.29, 0.717) is 16.4 Å². The number of amides is 2. The monoisotopic (exact) mass is 278 g/mol. The summed E-state index contributed by atoms with van der Waals surface area (Å²) in [5.41, 5.74) is 0. The average Bonchev–Trinajstić information content (AvgIpc) is 2.91. The van der Waals surface area contributed by atoms with E-state index in [1.807, 2.05) is 0 Å². The Kier molecular flexibility index (Phi) is 3.98. The summed E-state index contributed by atoms with van der Waals surface area (Å²) in [6, 6.07) is 0. The minimum Gasteiger partial charge on any atom is -0.395 e. The predicted molar refractivity (Wildman–Crippen MR) is 71.5 cm³/mol. The molecule has 0 aromatic carbocycles. The van der Waals surface area contributed by atoms with Gasteiger partial charge in [-0.05, 0) is 0 Å². The van der Waals surface area contributed by atoms with Crippen molar-refractivity contribution in [1.82, 2.24) is 4.98 Å². The molecule has 1 saturated heterocycles. The first kappa shape index (κ1) is 13.7. The van der Waals surface area contributed by atoms with Crippen molar-refractivity contribution < 1.29 is 14.7 Å². The number of hydrogen-bond donors (Lipinski definition) is 1. The van der Waals surface area contributed by atoms with Crippen LogP contribution in [-0.4, -0.2) is 28.5 Å². The van der Waals surface area contributed by atoms with E-state index in [9.17, 15) is 9.59 Å². The minimum absolute atomic E-state index is 0.0107. The maximum absolute atomic E-state index is 12.0. The van der Waals surface area contributed by atoms with Crippen LogP contribution in [0.25, 0.3) is 0 Å². The van der Waals surface area contributed by atoms with Gasteiger partial charge in [-0.1, -0.05) is 37.0 Å². The first-order valence-corrected chi connectivity index (χ1v) is 6.81. The topological polar surface area (TPSA) is 70.5 Å². The summed E-state index contributed by atoms with van der Waals surface area (Å²) in [5.74, 6) is 4.59. The number of carbonyl (C=O) groups is 2. The molecule has 1 N–H and O–H groups in total. The second-order valence-corrected chi connectivity index (χ2v) is 5.38. The molecule has 0 spiro atoms. The molecule has 19 heavy (non-hydrogen) atoms. The van der Waals surface area contributed by atoms with Crippen molar-refractivity contribution in [1.29, 1.82) is 0 Å². The van der Waals surface area contributed by atoms with Crippen LogP contribution in [0.5, 0.6) is 0 Å². The Labute approximate surface area is 115 Å². The van der Waals surface area contributed by atoms with E-state index < -0.39 is 0 Å². The smallest absolute Gasteiger partial charge is 0.239 e. The van der Waals surface area contributed by atoms with Gasteiger partial charge in [0.05, 0.1) is 17.7 Å². The molecule has 2 heterocycles. The fourth-order valence-electron chi connectivity index (χ4n) is 1.76. The lowest BCUT2D eigenvalue weighted by molar-refractivity contribution is -0.122. The molecule has 2 atom stereocenters. The number of hydrogen-bond acceptors (Lipinski definition) is 5. The number of aliphatic hydroxyl groups excluding tert-OH is 1. The van der Waals surface area contributed by atoms with Gasteiger partial charge in [0.1, 0.15) is 0 Å². The Balaban J connectivity index is 2.22. The molecular formula is C13H14N2O3S. The molecular weight excluding hydrogens is 264 g/mol. The predicted octanol–water partition coefficient (Wildman–Crippen LogP) is 1.02. The van der Waals surface area contributed by atoms with E-state index in [1.54, 1.807) is 20.0 Å². The van der Waals surface area contributed by atoms with Gasteiger partial charge >= 0.3 is 0 Å². The van der Waals surface area contributed by atoms with E-state index in [1.165, 1.54) is 11.3 Å². The van der Waals surface area contributed by atoms with Crippen molar-refractivity contribution in [3.05, 3.63) is 11.1 Å². The van der Waals surface area contributed by atoms with E-state index >= 15 is 0 Å². The number of nitrogens with zero attached hydrogens (tertiary/aromatic N) is 2. The molecule has 0 saturated carbocycles. The van der Waals surface area contributed by atoms with Gasteiger partial charge < -0.3 is 5.11 Å². The first-order valence-electron chi connectivity index (χ1n) is 5.99. The second-order valence-electron chi connectivity index (χ2n) is 4.37. The lowest BCUT2D eigenvalue weighted by Gasteiger charge is -2.09. The van der Waals surface area contributed by atoms with Crippen LogP contribution >= 0.6 is 11.3 Å². The van der Waals surface area contributed by atoms with Crippen molar-refractivity contribution in [3.8, 4) is 11.8 Å². The third kappa shape index (κ3) is 2.53. The molecule has 0 aliphatic carbocycles. The van der Waals surface area contributed by atoms with Crippen LogP contribution in [0.2, 0.25) is 0 Å². The first-order chi connectivity index (χ1) is 9.06. The quantitative estimate of drug-likeness (QED) is 0.648. The molecule has 0 bridgehead atoms. The van der Waals surface area contributed by atoms with Gasteiger partial charge in [-0.3, -0.25) is 9.59 Å². The van der Waals surface area contributed by atoms with Crippen molar-refractivity contribution in [2.45, 2.75) is 20.3 Å². The van der Waals surface area contributed by atoms with Gasteiger partial charge in [0.15, 0.2) is 5.13 Å².